The van der Waals surface area contributed by atoms with Crippen LogP contribution in [0.3, 0.4) is 0 Å². The monoisotopic (exact) mass is 244 g/mol. The highest BCUT2D eigenvalue weighted by molar-refractivity contribution is 6.31. The molecule has 2 aromatic carbocycles. The van der Waals surface area contributed by atoms with Crippen molar-refractivity contribution in [1.29, 1.82) is 0 Å². The molecule has 0 aliphatic rings. The fourth-order valence-electron chi connectivity index (χ4n) is 1.92. The summed E-state index contributed by atoms with van der Waals surface area (Å²) in [6, 6.07) is 12.9. The zero-order chi connectivity index (χ0) is 12.4. The molecule has 0 aromatic heterocycles. The Hall–Kier alpha value is -1.27. The molecule has 0 unspecified atom stereocenters. The van der Waals surface area contributed by atoms with E-state index in [1.165, 1.54) is 27.8 Å². The molecule has 0 saturated heterocycles. The molecule has 0 bridgehead atoms. The van der Waals surface area contributed by atoms with E-state index < -0.39 is 0 Å². The number of halogens is 1. The second-order valence-corrected chi connectivity index (χ2v) is 4.86. The van der Waals surface area contributed by atoms with E-state index >= 15 is 0 Å². The van der Waals surface area contributed by atoms with E-state index in [0.29, 0.717) is 0 Å². The SMILES string of the molecule is CCc1ccc(-c2cc(C)c(C)c(Cl)c2)cc1. The Bertz CT molecular complexity index is 501. The van der Waals surface area contributed by atoms with Crippen LogP contribution in [0.4, 0.5) is 0 Å². The predicted octanol–water partition coefficient (Wildman–Crippen LogP) is 5.19. The lowest BCUT2D eigenvalue weighted by atomic mass is 9.99. The third-order valence-electron chi connectivity index (χ3n) is 3.30. The molecule has 0 radical (unpaired) electrons. The van der Waals surface area contributed by atoms with Crippen molar-refractivity contribution in [3.05, 3.63) is 58.1 Å². The minimum Gasteiger partial charge on any atom is -0.0840 e. The highest BCUT2D eigenvalue weighted by Gasteiger charge is 2.04. The van der Waals surface area contributed by atoms with Crippen molar-refractivity contribution in [3.63, 3.8) is 0 Å². The third-order valence-corrected chi connectivity index (χ3v) is 3.69. The molecule has 88 valence electrons. The van der Waals surface area contributed by atoms with E-state index in [1.807, 2.05) is 6.07 Å². The van der Waals surface area contributed by atoms with Crippen LogP contribution < -0.4 is 0 Å². The van der Waals surface area contributed by atoms with Gasteiger partial charge >= 0.3 is 0 Å². The summed E-state index contributed by atoms with van der Waals surface area (Å²) in [6.45, 7) is 6.33. The quantitative estimate of drug-likeness (QED) is 0.682. The summed E-state index contributed by atoms with van der Waals surface area (Å²) in [4.78, 5) is 0. The van der Waals surface area contributed by atoms with Gasteiger partial charge in [0, 0.05) is 5.02 Å². The van der Waals surface area contributed by atoms with Crippen LogP contribution in [0.1, 0.15) is 23.6 Å². The average Bonchev–Trinajstić information content (AvgIpc) is 2.35. The number of hydrogen-bond acceptors (Lipinski definition) is 0. The largest absolute Gasteiger partial charge is 0.0840 e. The number of rotatable bonds is 2. The van der Waals surface area contributed by atoms with E-state index in [-0.39, 0.29) is 0 Å². The van der Waals surface area contributed by atoms with E-state index in [1.54, 1.807) is 0 Å². The Morgan fingerprint density at radius 1 is 0.941 bits per heavy atom. The molecule has 0 amide bonds. The molecule has 0 N–H and O–H groups in total. The highest BCUT2D eigenvalue weighted by Crippen LogP contribution is 2.28. The van der Waals surface area contributed by atoms with Crippen LogP contribution in [0.2, 0.25) is 5.02 Å². The second-order valence-electron chi connectivity index (χ2n) is 4.45. The van der Waals surface area contributed by atoms with Gasteiger partial charge in [-0.25, -0.2) is 0 Å². The zero-order valence-corrected chi connectivity index (χ0v) is 11.3. The first kappa shape index (κ1) is 12.2. The topological polar surface area (TPSA) is 0 Å². The van der Waals surface area contributed by atoms with Crippen molar-refractivity contribution in [2.75, 3.05) is 0 Å². The molecule has 0 fully saturated rings. The summed E-state index contributed by atoms with van der Waals surface area (Å²) in [5.74, 6) is 0. The smallest absolute Gasteiger partial charge is 0.0443 e. The lowest BCUT2D eigenvalue weighted by Crippen LogP contribution is -1.86. The van der Waals surface area contributed by atoms with Gasteiger partial charge in [-0.3, -0.25) is 0 Å². The van der Waals surface area contributed by atoms with Gasteiger partial charge in [-0.15, -0.1) is 0 Å². The van der Waals surface area contributed by atoms with Gasteiger partial charge in [0.1, 0.15) is 0 Å². The van der Waals surface area contributed by atoms with Crippen LogP contribution in [0.5, 0.6) is 0 Å². The fourth-order valence-corrected chi connectivity index (χ4v) is 2.18. The van der Waals surface area contributed by atoms with Crippen molar-refractivity contribution < 1.29 is 0 Å². The van der Waals surface area contributed by atoms with Gasteiger partial charge in [0.2, 0.25) is 0 Å². The lowest BCUT2D eigenvalue weighted by molar-refractivity contribution is 1.14. The minimum atomic E-state index is 0.847. The average molecular weight is 245 g/mol. The normalized spacial score (nSPS) is 10.6. The highest BCUT2D eigenvalue weighted by atomic mass is 35.5. The van der Waals surface area contributed by atoms with E-state index in [0.717, 1.165) is 11.4 Å². The van der Waals surface area contributed by atoms with E-state index in [2.05, 4.69) is 51.1 Å². The molecular formula is C16H17Cl. The molecule has 0 saturated carbocycles. The summed E-state index contributed by atoms with van der Waals surface area (Å²) in [5, 5.41) is 0.847. The molecule has 1 heteroatoms. The first-order chi connectivity index (χ1) is 8.11. The molecule has 0 heterocycles. The van der Waals surface area contributed by atoms with Gasteiger partial charge in [0.15, 0.2) is 0 Å². The summed E-state index contributed by atoms with van der Waals surface area (Å²) >= 11 is 6.23. The van der Waals surface area contributed by atoms with Crippen LogP contribution in [0.25, 0.3) is 11.1 Å². The summed E-state index contributed by atoms with van der Waals surface area (Å²) in [6.07, 6.45) is 1.08. The molecule has 2 aromatic rings. The number of hydrogen-bond donors (Lipinski definition) is 0. The second kappa shape index (κ2) is 4.93. The van der Waals surface area contributed by atoms with Crippen molar-refractivity contribution in [2.24, 2.45) is 0 Å². The predicted molar refractivity (Wildman–Crippen MR) is 75.7 cm³/mol. The molecule has 0 aliphatic carbocycles. The molecule has 0 spiro atoms. The van der Waals surface area contributed by atoms with Crippen LogP contribution in [0, 0.1) is 13.8 Å². The molecule has 17 heavy (non-hydrogen) atoms. The Balaban J connectivity index is 2.45. The van der Waals surface area contributed by atoms with Gasteiger partial charge in [-0.1, -0.05) is 48.9 Å². The maximum Gasteiger partial charge on any atom is 0.0443 e. The van der Waals surface area contributed by atoms with Gasteiger partial charge in [0.25, 0.3) is 0 Å². The van der Waals surface area contributed by atoms with Gasteiger partial charge in [0.05, 0.1) is 0 Å². The third kappa shape index (κ3) is 2.53. The number of benzene rings is 2. The minimum absolute atomic E-state index is 0.847. The summed E-state index contributed by atoms with van der Waals surface area (Å²) in [7, 11) is 0. The maximum absolute atomic E-state index is 6.23. The van der Waals surface area contributed by atoms with Crippen molar-refractivity contribution in [2.45, 2.75) is 27.2 Å². The first-order valence-corrected chi connectivity index (χ1v) is 6.35. The van der Waals surface area contributed by atoms with E-state index in [4.69, 9.17) is 11.6 Å². The first-order valence-electron chi connectivity index (χ1n) is 5.98. The zero-order valence-electron chi connectivity index (χ0n) is 10.5. The van der Waals surface area contributed by atoms with Gasteiger partial charge in [-0.05, 0) is 54.2 Å². The standard InChI is InChI=1S/C16H17Cl/c1-4-13-5-7-14(8-6-13)15-9-11(2)12(3)16(17)10-15/h5-10H,4H2,1-3H3. The lowest BCUT2D eigenvalue weighted by Gasteiger charge is -2.08. The molecule has 2 rings (SSSR count). The molecular weight excluding hydrogens is 228 g/mol. The number of aryl methyl sites for hydroxylation is 2. The Kier molecular flexibility index (Phi) is 3.54. The summed E-state index contributed by atoms with van der Waals surface area (Å²) in [5.41, 5.74) is 6.20. The Labute approximate surface area is 108 Å². The molecule has 0 atom stereocenters. The Morgan fingerprint density at radius 2 is 1.59 bits per heavy atom. The van der Waals surface area contributed by atoms with Gasteiger partial charge < -0.3 is 0 Å². The van der Waals surface area contributed by atoms with E-state index in [9.17, 15) is 0 Å². The maximum atomic E-state index is 6.23. The molecule has 0 nitrogen and oxygen atoms in total. The van der Waals surface area contributed by atoms with Crippen molar-refractivity contribution >= 4 is 11.6 Å². The summed E-state index contributed by atoms with van der Waals surface area (Å²) < 4.78 is 0. The van der Waals surface area contributed by atoms with Crippen molar-refractivity contribution in [3.8, 4) is 11.1 Å². The van der Waals surface area contributed by atoms with Crippen LogP contribution in [-0.2, 0) is 6.42 Å². The van der Waals surface area contributed by atoms with Crippen molar-refractivity contribution in [1.82, 2.24) is 0 Å². The fraction of sp³-hybridized carbons (Fsp3) is 0.250. The van der Waals surface area contributed by atoms with Crippen LogP contribution >= 0.6 is 11.6 Å². The Morgan fingerprint density at radius 3 is 2.12 bits per heavy atom. The van der Waals surface area contributed by atoms with Crippen LogP contribution in [-0.4, -0.2) is 0 Å². The van der Waals surface area contributed by atoms with Gasteiger partial charge in [-0.2, -0.15) is 0 Å². The molecule has 0 aliphatic heterocycles. The van der Waals surface area contributed by atoms with Crippen LogP contribution in [0.15, 0.2) is 36.4 Å².